The van der Waals surface area contributed by atoms with Gasteiger partial charge in [0.1, 0.15) is 11.5 Å². The van der Waals surface area contributed by atoms with Crippen LogP contribution in [0.4, 0.5) is 0 Å². The normalized spacial score (nSPS) is 13.6. The molecule has 0 aromatic heterocycles. The maximum Gasteiger partial charge on any atom is 0.335 e. The molecule has 2 aromatic carbocycles. The van der Waals surface area contributed by atoms with Crippen LogP contribution in [0.5, 0.6) is 11.5 Å². The molecule has 4 rings (SSSR count). The number of hydrogen-bond donors (Lipinski definition) is 2. The highest BCUT2D eigenvalue weighted by molar-refractivity contribution is 9.10. The number of fused-ring (bicyclic) bond motifs is 2. The van der Waals surface area contributed by atoms with Crippen molar-refractivity contribution >= 4 is 27.9 Å². The first-order valence-corrected chi connectivity index (χ1v) is 8.42. The van der Waals surface area contributed by atoms with E-state index in [4.69, 9.17) is 19.7 Å². The lowest BCUT2D eigenvalue weighted by Crippen LogP contribution is -1.97. The first-order chi connectivity index (χ1) is 12.0. The van der Waals surface area contributed by atoms with Crippen molar-refractivity contribution in [1.82, 2.24) is 0 Å². The summed E-state index contributed by atoms with van der Waals surface area (Å²) in [5.41, 5.74) is 2.59. The van der Waals surface area contributed by atoms with Crippen LogP contribution < -0.4 is 9.47 Å². The summed E-state index contributed by atoms with van der Waals surface area (Å²) in [5, 5.41) is 17.5. The monoisotopic (exact) mass is 406 g/mol. The van der Waals surface area contributed by atoms with Gasteiger partial charge in [-0.3, -0.25) is 0 Å². The van der Waals surface area contributed by atoms with Gasteiger partial charge in [-0.1, -0.05) is 0 Å². The van der Waals surface area contributed by atoms with E-state index < -0.39 is 11.9 Å². The van der Waals surface area contributed by atoms with Gasteiger partial charge in [0.25, 0.3) is 0 Å². The van der Waals surface area contributed by atoms with Crippen LogP contribution in [0, 0.1) is 0 Å². The standard InChI is InChI=1S/C9H7BrO3.C9H8O3/c10-7-4-6(9(11)12)3-5-1-2-13-8(5)7;10-9(11)7-1-2-8-6(5-7)3-4-12-8/h3-4H,1-2H2,(H,11,12);1-2,5H,3-4H2,(H,10,11). The molecule has 2 N–H and O–H groups in total. The zero-order valence-electron chi connectivity index (χ0n) is 13.1. The van der Waals surface area contributed by atoms with E-state index in [1.807, 2.05) is 0 Å². The predicted molar refractivity (Wildman–Crippen MR) is 92.9 cm³/mol. The van der Waals surface area contributed by atoms with Gasteiger partial charge in [-0.05, 0) is 57.4 Å². The van der Waals surface area contributed by atoms with Crippen LogP contribution >= 0.6 is 15.9 Å². The second-order valence-corrected chi connectivity index (χ2v) is 6.43. The van der Waals surface area contributed by atoms with Gasteiger partial charge in [0.2, 0.25) is 0 Å². The van der Waals surface area contributed by atoms with Crippen LogP contribution in [-0.2, 0) is 12.8 Å². The summed E-state index contributed by atoms with van der Waals surface area (Å²) in [6.45, 7) is 1.30. The molecule has 0 spiro atoms. The third-order valence-corrected chi connectivity index (χ3v) is 4.51. The number of ether oxygens (including phenoxy) is 2. The summed E-state index contributed by atoms with van der Waals surface area (Å²) in [6.07, 6.45) is 1.60. The number of rotatable bonds is 2. The first-order valence-electron chi connectivity index (χ1n) is 7.63. The van der Waals surface area contributed by atoms with Crippen LogP contribution in [0.3, 0.4) is 0 Å². The molecule has 130 valence electrons. The van der Waals surface area contributed by atoms with Gasteiger partial charge in [0.15, 0.2) is 0 Å². The molecular weight excluding hydrogens is 392 g/mol. The predicted octanol–water partition coefficient (Wildman–Crippen LogP) is 3.40. The average molecular weight is 407 g/mol. The van der Waals surface area contributed by atoms with Gasteiger partial charge in [0.05, 0.1) is 28.8 Å². The molecule has 0 bridgehead atoms. The number of carboxylic acid groups (broad SMARTS) is 2. The Morgan fingerprint density at radius 3 is 2.24 bits per heavy atom. The number of benzene rings is 2. The maximum absolute atomic E-state index is 10.7. The van der Waals surface area contributed by atoms with Gasteiger partial charge in [0, 0.05) is 12.8 Å². The Hall–Kier alpha value is -2.54. The molecule has 0 atom stereocenters. The zero-order chi connectivity index (χ0) is 18.0. The SMILES string of the molecule is O=C(O)c1cc(Br)c2c(c1)CCO2.O=C(O)c1ccc2c(c1)CCO2. The molecular formula is C18H15BrO6. The van der Waals surface area contributed by atoms with Gasteiger partial charge >= 0.3 is 11.9 Å². The molecule has 0 saturated heterocycles. The maximum atomic E-state index is 10.7. The molecule has 6 nitrogen and oxygen atoms in total. The van der Waals surface area contributed by atoms with E-state index in [1.165, 1.54) is 0 Å². The lowest BCUT2D eigenvalue weighted by atomic mass is 10.1. The van der Waals surface area contributed by atoms with E-state index >= 15 is 0 Å². The Morgan fingerprint density at radius 2 is 1.52 bits per heavy atom. The highest BCUT2D eigenvalue weighted by Gasteiger charge is 2.18. The Labute approximate surface area is 152 Å². The number of aromatic carboxylic acids is 2. The summed E-state index contributed by atoms with van der Waals surface area (Å²) in [5.74, 6) is -0.190. The molecule has 2 heterocycles. The van der Waals surface area contributed by atoms with Crippen molar-refractivity contribution in [3.63, 3.8) is 0 Å². The van der Waals surface area contributed by atoms with Crippen LogP contribution in [0.1, 0.15) is 31.8 Å². The Bertz CT molecular complexity index is 846. The van der Waals surface area contributed by atoms with Crippen molar-refractivity contribution in [1.29, 1.82) is 0 Å². The molecule has 0 saturated carbocycles. The summed E-state index contributed by atoms with van der Waals surface area (Å²) in [7, 11) is 0. The van der Waals surface area contributed by atoms with Crippen LogP contribution in [0.15, 0.2) is 34.8 Å². The summed E-state index contributed by atoms with van der Waals surface area (Å²) in [6, 6.07) is 8.17. The molecule has 2 aliphatic rings. The minimum Gasteiger partial charge on any atom is -0.493 e. The smallest absolute Gasteiger partial charge is 0.335 e. The lowest BCUT2D eigenvalue weighted by Gasteiger charge is -2.03. The molecule has 7 heteroatoms. The van der Waals surface area contributed by atoms with Crippen molar-refractivity contribution in [2.24, 2.45) is 0 Å². The Balaban J connectivity index is 0.000000146. The molecule has 0 unspecified atom stereocenters. The van der Waals surface area contributed by atoms with Crippen LogP contribution in [0.2, 0.25) is 0 Å². The summed E-state index contributed by atoms with van der Waals surface area (Å²) in [4.78, 5) is 21.3. The van der Waals surface area contributed by atoms with Gasteiger partial charge in [-0.15, -0.1) is 0 Å². The van der Waals surface area contributed by atoms with Gasteiger partial charge in [-0.2, -0.15) is 0 Å². The highest BCUT2D eigenvalue weighted by Crippen LogP contribution is 2.34. The second-order valence-electron chi connectivity index (χ2n) is 5.58. The van der Waals surface area contributed by atoms with Crippen molar-refractivity contribution in [3.05, 3.63) is 57.1 Å². The molecule has 0 radical (unpaired) electrons. The topological polar surface area (TPSA) is 93.1 Å². The van der Waals surface area contributed by atoms with E-state index in [0.717, 1.165) is 39.9 Å². The van der Waals surface area contributed by atoms with Crippen molar-refractivity contribution in [2.45, 2.75) is 12.8 Å². The third kappa shape index (κ3) is 3.76. The molecule has 2 aromatic rings. The van der Waals surface area contributed by atoms with E-state index in [1.54, 1.807) is 30.3 Å². The van der Waals surface area contributed by atoms with E-state index in [-0.39, 0.29) is 0 Å². The fourth-order valence-corrected chi connectivity index (χ4v) is 3.32. The lowest BCUT2D eigenvalue weighted by molar-refractivity contribution is 0.0686. The molecule has 0 aliphatic carbocycles. The Morgan fingerprint density at radius 1 is 0.880 bits per heavy atom. The number of carbonyl (C=O) groups is 2. The molecule has 0 fully saturated rings. The van der Waals surface area contributed by atoms with Crippen molar-refractivity contribution < 1.29 is 29.3 Å². The van der Waals surface area contributed by atoms with E-state index in [0.29, 0.717) is 24.3 Å². The van der Waals surface area contributed by atoms with Crippen LogP contribution in [-0.4, -0.2) is 35.4 Å². The zero-order valence-corrected chi connectivity index (χ0v) is 14.7. The first kappa shape index (κ1) is 17.3. The second kappa shape index (κ2) is 7.14. The van der Waals surface area contributed by atoms with Gasteiger partial charge in [-0.25, -0.2) is 9.59 Å². The van der Waals surface area contributed by atoms with E-state index in [2.05, 4.69) is 15.9 Å². The minimum atomic E-state index is -0.907. The van der Waals surface area contributed by atoms with E-state index in [9.17, 15) is 9.59 Å². The largest absolute Gasteiger partial charge is 0.493 e. The number of carboxylic acids is 2. The number of halogens is 1. The minimum absolute atomic E-state index is 0.302. The summed E-state index contributed by atoms with van der Waals surface area (Å²) >= 11 is 3.28. The fraction of sp³-hybridized carbons (Fsp3) is 0.222. The number of hydrogen-bond acceptors (Lipinski definition) is 4. The molecule has 0 amide bonds. The summed E-state index contributed by atoms with van der Waals surface area (Å²) < 4.78 is 11.3. The average Bonchev–Trinajstić information content (AvgIpc) is 3.23. The van der Waals surface area contributed by atoms with Crippen LogP contribution in [0.25, 0.3) is 0 Å². The molecule has 25 heavy (non-hydrogen) atoms. The fourth-order valence-electron chi connectivity index (χ4n) is 2.70. The highest BCUT2D eigenvalue weighted by atomic mass is 79.9. The van der Waals surface area contributed by atoms with Crippen molar-refractivity contribution in [2.75, 3.05) is 13.2 Å². The Kier molecular flexibility index (Phi) is 4.94. The van der Waals surface area contributed by atoms with Gasteiger partial charge < -0.3 is 19.7 Å². The van der Waals surface area contributed by atoms with Crippen molar-refractivity contribution in [3.8, 4) is 11.5 Å². The quantitative estimate of drug-likeness (QED) is 0.793. The molecule has 2 aliphatic heterocycles. The third-order valence-electron chi connectivity index (χ3n) is 3.92.